The fraction of sp³-hybridized carbons (Fsp3) is 0.938. The molecule has 1 amide bonds. The number of hydrogen-bond acceptors (Lipinski definition) is 1. The van der Waals surface area contributed by atoms with Crippen molar-refractivity contribution in [1.82, 2.24) is 5.32 Å². The molecule has 0 aromatic rings. The van der Waals surface area contributed by atoms with E-state index in [1.165, 1.54) is 32.1 Å². The molecule has 0 saturated heterocycles. The van der Waals surface area contributed by atoms with Crippen LogP contribution in [0.2, 0.25) is 0 Å². The number of rotatable bonds is 6. The minimum Gasteiger partial charge on any atom is -0.353 e. The van der Waals surface area contributed by atoms with Gasteiger partial charge in [-0.05, 0) is 49.9 Å². The lowest BCUT2D eigenvalue weighted by molar-refractivity contribution is -0.123. The van der Waals surface area contributed by atoms with E-state index in [0.29, 0.717) is 18.4 Å². The van der Waals surface area contributed by atoms with Crippen LogP contribution in [0.15, 0.2) is 0 Å². The molecule has 0 aliphatic heterocycles. The molecule has 2 saturated carbocycles. The summed E-state index contributed by atoms with van der Waals surface area (Å²) in [7, 11) is 0. The van der Waals surface area contributed by atoms with Gasteiger partial charge in [-0.3, -0.25) is 4.79 Å². The predicted octanol–water partition coefficient (Wildman–Crippen LogP) is 3.75. The van der Waals surface area contributed by atoms with Gasteiger partial charge in [0.05, 0.1) is 0 Å². The average molecular weight is 251 g/mol. The van der Waals surface area contributed by atoms with Crippen LogP contribution in [-0.4, -0.2) is 11.9 Å². The zero-order valence-corrected chi connectivity index (χ0v) is 12.2. The molecule has 2 aliphatic rings. The maximum atomic E-state index is 12.0. The number of carbonyl (C=O) groups excluding carboxylic acids is 1. The summed E-state index contributed by atoms with van der Waals surface area (Å²) in [6.45, 7) is 6.59. The van der Waals surface area contributed by atoms with E-state index >= 15 is 0 Å². The Morgan fingerprint density at radius 3 is 2.61 bits per heavy atom. The van der Waals surface area contributed by atoms with Crippen LogP contribution in [0, 0.1) is 23.7 Å². The summed E-state index contributed by atoms with van der Waals surface area (Å²) < 4.78 is 0. The monoisotopic (exact) mass is 251 g/mol. The van der Waals surface area contributed by atoms with Crippen LogP contribution in [0.4, 0.5) is 0 Å². The lowest BCUT2D eigenvalue weighted by Gasteiger charge is -2.28. The van der Waals surface area contributed by atoms with Crippen LogP contribution >= 0.6 is 0 Å². The molecule has 0 aromatic heterocycles. The van der Waals surface area contributed by atoms with Crippen molar-refractivity contribution in [3.63, 3.8) is 0 Å². The molecule has 2 aliphatic carbocycles. The average Bonchev–Trinajstić information content (AvgIpc) is 2.90. The van der Waals surface area contributed by atoms with Crippen molar-refractivity contribution in [3.05, 3.63) is 0 Å². The summed E-state index contributed by atoms with van der Waals surface area (Å²) in [4.78, 5) is 12.0. The van der Waals surface area contributed by atoms with Crippen LogP contribution < -0.4 is 5.32 Å². The van der Waals surface area contributed by atoms with Crippen molar-refractivity contribution in [3.8, 4) is 0 Å². The third kappa shape index (κ3) is 3.27. The van der Waals surface area contributed by atoms with E-state index in [4.69, 9.17) is 0 Å². The minimum atomic E-state index is 0.270. The van der Waals surface area contributed by atoms with Gasteiger partial charge in [0, 0.05) is 12.5 Å². The fourth-order valence-corrected chi connectivity index (χ4v) is 4.24. The first-order chi connectivity index (χ1) is 8.60. The van der Waals surface area contributed by atoms with E-state index in [0.717, 1.165) is 24.2 Å². The van der Waals surface area contributed by atoms with Crippen LogP contribution in [-0.2, 0) is 4.79 Å². The predicted molar refractivity (Wildman–Crippen MR) is 75.2 cm³/mol. The van der Waals surface area contributed by atoms with Crippen LogP contribution in [0.5, 0.6) is 0 Å². The second-order valence-corrected chi connectivity index (χ2v) is 6.79. The largest absolute Gasteiger partial charge is 0.353 e. The van der Waals surface area contributed by atoms with Gasteiger partial charge in [-0.1, -0.05) is 33.1 Å². The van der Waals surface area contributed by atoms with E-state index in [1.807, 2.05) is 0 Å². The maximum absolute atomic E-state index is 12.0. The molecule has 0 aromatic carbocycles. The quantitative estimate of drug-likeness (QED) is 0.765. The molecule has 2 nitrogen and oxygen atoms in total. The highest BCUT2D eigenvalue weighted by Crippen LogP contribution is 2.49. The van der Waals surface area contributed by atoms with E-state index in [1.54, 1.807) is 0 Å². The van der Waals surface area contributed by atoms with Crippen LogP contribution in [0.25, 0.3) is 0 Å². The Labute approximate surface area is 112 Å². The fourth-order valence-electron chi connectivity index (χ4n) is 4.24. The first-order valence-electron chi connectivity index (χ1n) is 7.89. The molecular formula is C16H29NO. The van der Waals surface area contributed by atoms with Crippen molar-refractivity contribution < 1.29 is 4.79 Å². The topological polar surface area (TPSA) is 29.1 Å². The molecule has 5 atom stereocenters. The summed E-state index contributed by atoms with van der Waals surface area (Å²) >= 11 is 0. The summed E-state index contributed by atoms with van der Waals surface area (Å²) in [5, 5.41) is 3.26. The van der Waals surface area contributed by atoms with E-state index in [9.17, 15) is 4.79 Å². The number of nitrogens with one attached hydrogen (secondary N) is 1. The Balaban J connectivity index is 1.73. The third-order valence-electron chi connectivity index (χ3n) is 5.14. The van der Waals surface area contributed by atoms with Gasteiger partial charge in [-0.25, -0.2) is 0 Å². The first-order valence-corrected chi connectivity index (χ1v) is 7.89. The lowest BCUT2D eigenvalue weighted by atomic mass is 9.84. The van der Waals surface area contributed by atoms with Gasteiger partial charge in [0.25, 0.3) is 0 Å². The Hall–Kier alpha value is -0.530. The number of hydrogen-bond donors (Lipinski definition) is 1. The molecule has 18 heavy (non-hydrogen) atoms. The van der Waals surface area contributed by atoms with Gasteiger partial charge in [-0.15, -0.1) is 0 Å². The molecule has 2 heteroatoms. The SMILES string of the molecule is CCCC(C)CC(=O)NC(C)C1CC2CCC1C2. The Kier molecular flexibility index (Phi) is 4.69. The van der Waals surface area contributed by atoms with Gasteiger partial charge in [0.2, 0.25) is 5.91 Å². The molecule has 0 heterocycles. The van der Waals surface area contributed by atoms with Gasteiger partial charge >= 0.3 is 0 Å². The summed E-state index contributed by atoms with van der Waals surface area (Å²) in [5.41, 5.74) is 0. The molecule has 5 unspecified atom stereocenters. The van der Waals surface area contributed by atoms with Gasteiger partial charge in [0.1, 0.15) is 0 Å². The second kappa shape index (κ2) is 6.08. The molecule has 0 radical (unpaired) electrons. The van der Waals surface area contributed by atoms with Crippen LogP contribution in [0.1, 0.15) is 65.7 Å². The molecule has 104 valence electrons. The Morgan fingerprint density at radius 1 is 1.28 bits per heavy atom. The van der Waals surface area contributed by atoms with Crippen molar-refractivity contribution in [2.75, 3.05) is 0 Å². The lowest BCUT2D eigenvalue weighted by Crippen LogP contribution is -2.40. The highest BCUT2D eigenvalue weighted by Gasteiger charge is 2.42. The van der Waals surface area contributed by atoms with Gasteiger partial charge in [0.15, 0.2) is 0 Å². The van der Waals surface area contributed by atoms with Crippen molar-refractivity contribution in [2.24, 2.45) is 23.7 Å². The van der Waals surface area contributed by atoms with E-state index < -0.39 is 0 Å². The minimum absolute atomic E-state index is 0.270. The smallest absolute Gasteiger partial charge is 0.220 e. The first kappa shape index (κ1) is 13.9. The summed E-state index contributed by atoms with van der Waals surface area (Å²) in [6.07, 6.45) is 8.68. The molecule has 2 rings (SSSR count). The highest BCUT2D eigenvalue weighted by molar-refractivity contribution is 5.76. The van der Waals surface area contributed by atoms with E-state index in [-0.39, 0.29) is 5.91 Å². The van der Waals surface area contributed by atoms with Gasteiger partial charge < -0.3 is 5.32 Å². The number of amides is 1. The molecule has 0 spiro atoms. The third-order valence-corrected chi connectivity index (χ3v) is 5.14. The van der Waals surface area contributed by atoms with Gasteiger partial charge in [-0.2, -0.15) is 0 Å². The molecule has 2 bridgehead atoms. The summed E-state index contributed by atoms with van der Waals surface area (Å²) in [6, 6.07) is 0.390. The van der Waals surface area contributed by atoms with Crippen molar-refractivity contribution in [1.29, 1.82) is 0 Å². The normalized spacial score (nSPS) is 33.4. The van der Waals surface area contributed by atoms with E-state index in [2.05, 4.69) is 26.1 Å². The number of fused-ring (bicyclic) bond motifs is 2. The molecular weight excluding hydrogens is 222 g/mol. The van der Waals surface area contributed by atoms with Crippen molar-refractivity contribution >= 4 is 5.91 Å². The Morgan fingerprint density at radius 2 is 2.06 bits per heavy atom. The number of carbonyl (C=O) groups is 1. The molecule has 2 fully saturated rings. The maximum Gasteiger partial charge on any atom is 0.220 e. The zero-order chi connectivity index (χ0) is 13.1. The molecule has 1 N–H and O–H groups in total. The van der Waals surface area contributed by atoms with Crippen LogP contribution in [0.3, 0.4) is 0 Å². The zero-order valence-electron chi connectivity index (χ0n) is 12.2. The standard InChI is InChI=1S/C16H29NO/c1-4-5-11(2)8-16(18)17-12(3)15-10-13-6-7-14(15)9-13/h11-15H,4-10H2,1-3H3,(H,17,18). The highest BCUT2D eigenvalue weighted by atomic mass is 16.1. The summed E-state index contributed by atoms with van der Waals surface area (Å²) in [5.74, 6) is 3.43. The Bertz CT molecular complexity index is 289. The second-order valence-electron chi connectivity index (χ2n) is 6.79. The van der Waals surface area contributed by atoms with Crippen molar-refractivity contribution in [2.45, 2.75) is 71.8 Å².